The van der Waals surface area contributed by atoms with E-state index in [9.17, 15) is 18.0 Å². The van der Waals surface area contributed by atoms with E-state index in [1.807, 2.05) is 11.9 Å². The minimum absolute atomic E-state index is 0.152. The number of aromatic nitrogens is 2. The van der Waals surface area contributed by atoms with E-state index < -0.39 is 11.7 Å². The molecule has 5 nitrogen and oxygen atoms in total. The van der Waals surface area contributed by atoms with Crippen LogP contribution in [0, 0.1) is 11.8 Å². The minimum atomic E-state index is -4.31. The lowest BCUT2D eigenvalue weighted by atomic mass is 10.0. The van der Waals surface area contributed by atoms with Crippen LogP contribution in [0.15, 0.2) is 36.7 Å². The number of nitrogens with zero attached hydrogens (tertiary/aromatic N) is 4. The van der Waals surface area contributed by atoms with Crippen molar-refractivity contribution in [3.05, 3.63) is 52.8 Å². The number of hydrogen-bond acceptors (Lipinski definition) is 3. The molecule has 1 aliphatic heterocycles. The van der Waals surface area contributed by atoms with Gasteiger partial charge in [0.15, 0.2) is 0 Å². The number of hydrogen-bond donors (Lipinski definition) is 0. The summed E-state index contributed by atoms with van der Waals surface area (Å²) in [6, 6.07) is 5.58. The largest absolute Gasteiger partial charge is 0.416 e. The fourth-order valence-corrected chi connectivity index (χ4v) is 4.69. The van der Waals surface area contributed by atoms with Crippen molar-refractivity contribution in [1.29, 1.82) is 0 Å². The zero-order chi connectivity index (χ0) is 20.8. The molecule has 4 rings (SSSR count). The van der Waals surface area contributed by atoms with E-state index in [1.54, 1.807) is 12.1 Å². The first kappa shape index (κ1) is 20.2. The summed E-state index contributed by atoms with van der Waals surface area (Å²) < 4.78 is 39.4. The van der Waals surface area contributed by atoms with Gasteiger partial charge in [0.1, 0.15) is 0 Å². The van der Waals surface area contributed by atoms with Gasteiger partial charge in [-0.05, 0) is 49.4 Å². The third kappa shape index (κ3) is 4.28. The highest BCUT2D eigenvalue weighted by Gasteiger charge is 2.43. The van der Waals surface area contributed by atoms with Gasteiger partial charge < -0.3 is 4.90 Å². The molecular weight excluding hydrogens is 405 g/mol. The third-order valence-electron chi connectivity index (χ3n) is 6.08. The average Bonchev–Trinajstić information content (AvgIpc) is 3.35. The normalized spacial score (nSPS) is 24.3. The van der Waals surface area contributed by atoms with Gasteiger partial charge in [-0.25, -0.2) is 4.79 Å². The Bertz CT molecular complexity index is 869. The van der Waals surface area contributed by atoms with Gasteiger partial charge in [0.25, 0.3) is 0 Å². The fourth-order valence-electron chi connectivity index (χ4n) is 4.55. The van der Waals surface area contributed by atoms with Crippen molar-refractivity contribution in [1.82, 2.24) is 19.6 Å². The second-order valence-electron chi connectivity index (χ2n) is 8.05. The lowest BCUT2D eigenvalue weighted by molar-refractivity contribution is -0.137. The summed E-state index contributed by atoms with van der Waals surface area (Å²) in [4.78, 5) is 16.6. The van der Waals surface area contributed by atoms with Crippen molar-refractivity contribution >= 4 is 17.6 Å². The summed E-state index contributed by atoms with van der Waals surface area (Å²) in [5.74, 6) is 0.870. The van der Waals surface area contributed by atoms with Gasteiger partial charge in [0, 0.05) is 25.7 Å². The Morgan fingerprint density at radius 2 is 1.83 bits per heavy atom. The molecule has 3 atom stereocenters. The molecule has 156 valence electrons. The van der Waals surface area contributed by atoms with Crippen LogP contribution < -0.4 is 0 Å². The number of benzene rings is 1. The summed E-state index contributed by atoms with van der Waals surface area (Å²) in [6.07, 6.45) is 0.607. The molecule has 1 aromatic heterocycles. The molecule has 0 N–H and O–H groups in total. The molecule has 0 bridgehead atoms. The minimum Gasteiger partial charge on any atom is -0.322 e. The van der Waals surface area contributed by atoms with Crippen LogP contribution in [0.3, 0.4) is 0 Å². The molecule has 1 aromatic carbocycles. The molecule has 2 aromatic rings. The monoisotopic (exact) mass is 426 g/mol. The predicted octanol–water partition coefficient (Wildman–Crippen LogP) is 4.37. The fraction of sp³-hybridized carbons (Fsp3) is 0.500. The van der Waals surface area contributed by atoms with Crippen LogP contribution >= 0.6 is 11.6 Å². The topological polar surface area (TPSA) is 41.4 Å². The van der Waals surface area contributed by atoms with Crippen molar-refractivity contribution in [2.45, 2.75) is 31.6 Å². The Morgan fingerprint density at radius 3 is 2.34 bits per heavy atom. The molecule has 1 saturated carbocycles. The molecule has 2 fully saturated rings. The molecule has 29 heavy (non-hydrogen) atoms. The molecule has 0 radical (unpaired) electrons. The van der Waals surface area contributed by atoms with E-state index in [-0.39, 0.29) is 6.03 Å². The van der Waals surface area contributed by atoms with Gasteiger partial charge in [0.2, 0.25) is 0 Å². The van der Waals surface area contributed by atoms with E-state index in [1.165, 1.54) is 17.1 Å². The smallest absolute Gasteiger partial charge is 0.322 e. The number of halogens is 4. The van der Waals surface area contributed by atoms with Gasteiger partial charge in [0.05, 0.1) is 23.0 Å². The van der Waals surface area contributed by atoms with Crippen LogP contribution in [0.2, 0.25) is 5.02 Å². The lowest BCUT2D eigenvalue weighted by Crippen LogP contribution is -2.36. The Balaban J connectivity index is 1.31. The summed E-state index contributed by atoms with van der Waals surface area (Å²) in [7, 11) is 2.01. The van der Waals surface area contributed by atoms with Gasteiger partial charge in [-0.1, -0.05) is 23.7 Å². The van der Waals surface area contributed by atoms with E-state index in [2.05, 4.69) is 10.00 Å². The standard InChI is InChI=1S/C20H22ClF3N4O/c1-26(9-13-2-4-16(5-3-13)20(22,23)24)18-6-14-10-27(11-15(14)7-18)19(29)28-12-17(21)8-25-28/h2-5,8,12,14-15,18H,6-7,9-11H2,1H3/t14-,15+,18+. The van der Waals surface area contributed by atoms with Gasteiger partial charge >= 0.3 is 12.2 Å². The van der Waals surface area contributed by atoms with Crippen LogP contribution in [0.25, 0.3) is 0 Å². The Hall–Kier alpha value is -2.06. The molecule has 9 heteroatoms. The third-order valence-corrected chi connectivity index (χ3v) is 6.28. The molecule has 1 amide bonds. The number of fused-ring (bicyclic) bond motifs is 1. The maximum absolute atomic E-state index is 12.7. The van der Waals surface area contributed by atoms with E-state index in [0.29, 0.717) is 42.5 Å². The van der Waals surface area contributed by atoms with Crippen molar-refractivity contribution in [2.75, 3.05) is 20.1 Å². The number of carbonyl (C=O) groups is 1. The molecule has 1 aliphatic carbocycles. The van der Waals surface area contributed by atoms with Crippen molar-refractivity contribution < 1.29 is 18.0 Å². The second-order valence-corrected chi connectivity index (χ2v) is 8.48. The first-order valence-electron chi connectivity index (χ1n) is 9.56. The van der Waals surface area contributed by atoms with Gasteiger partial charge in [-0.2, -0.15) is 23.0 Å². The van der Waals surface area contributed by atoms with Gasteiger partial charge in [-0.3, -0.25) is 4.90 Å². The summed E-state index contributed by atoms with van der Waals surface area (Å²) >= 11 is 5.84. The summed E-state index contributed by atoms with van der Waals surface area (Å²) in [6.45, 7) is 2.01. The first-order chi connectivity index (χ1) is 13.7. The molecular formula is C20H22ClF3N4O. The second kappa shape index (κ2) is 7.65. The molecule has 0 unspecified atom stereocenters. The molecule has 2 aliphatic rings. The SMILES string of the molecule is CN(Cc1ccc(C(F)(F)F)cc1)[C@H]1C[C@@H]2CN(C(=O)n3cc(Cl)cn3)C[C@@H]2C1. The highest BCUT2D eigenvalue weighted by molar-refractivity contribution is 6.30. The molecule has 2 heterocycles. The van der Waals surface area contributed by atoms with Crippen molar-refractivity contribution in [2.24, 2.45) is 11.8 Å². The van der Waals surface area contributed by atoms with E-state index >= 15 is 0 Å². The molecule has 1 saturated heterocycles. The number of rotatable bonds is 3. The van der Waals surface area contributed by atoms with E-state index in [0.717, 1.165) is 30.5 Å². The zero-order valence-corrected chi connectivity index (χ0v) is 16.7. The average molecular weight is 427 g/mol. The predicted molar refractivity (Wildman–Crippen MR) is 103 cm³/mol. The number of alkyl halides is 3. The quantitative estimate of drug-likeness (QED) is 0.732. The number of carbonyl (C=O) groups excluding carboxylic acids is 1. The maximum atomic E-state index is 12.7. The van der Waals surface area contributed by atoms with Crippen LogP contribution in [0.5, 0.6) is 0 Å². The van der Waals surface area contributed by atoms with Gasteiger partial charge in [-0.15, -0.1) is 0 Å². The zero-order valence-electron chi connectivity index (χ0n) is 15.9. The van der Waals surface area contributed by atoms with Crippen LogP contribution in [0.4, 0.5) is 18.0 Å². The van der Waals surface area contributed by atoms with Crippen molar-refractivity contribution in [3.8, 4) is 0 Å². The highest BCUT2D eigenvalue weighted by atomic mass is 35.5. The Labute approximate surface area is 172 Å². The van der Waals surface area contributed by atoms with Crippen LogP contribution in [-0.2, 0) is 12.7 Å². The number of amides is 1. The Morgan fingerprint density at radius 1 is 1.21 bits per heavy atom. The molecule has 0 spiro atoms. The number of likely N-dealkylation sites (tertiary alicyclic amines) is 1. The summed E-state index contributed by atoms with van der Waals surface area (Å²) in [5, 5.41) is 4.41. The lowest BCUT2D eigenvalue weighted by Gasteiger charge is -2.26. The van der Waals surface area contributed by atoms with E-state index in [4.69, 9.17) is 11.6 Å². The summed E-state index contributed by atoms with van der Waals surface area (Å²) in [5.41, 5.74) is 0.243. The highest BCUT2D eigenvalue weighted by Crippen LogP contribution is 2.40. The first-order valence-corrected chi connectivity index (χ1v) is 9.94. The van der Waals surface area contributed by atoms with Crippen LogP contribution in [-0.4, -0.2) is 51.8 Å². The van der Waals surface area contributed by atoms with Crippen molar-refractivity contribution in [3.63, 3.8) is 0 Å². The van der Waals surface area contributed by atoms with Crippen LogP contribution in [0.1, 0.15) is 24.0 Å². The maximum Gasteiger partial charge on any atom is 0.416 e. The Kier molecular flexibility index (Phi) is 5.33.